The normalized spacial score (nSPS) is 19.6. The second-order valence-corrected chi connectivity index (χ2v) is 4.15. The Labute approximate surface area is 89.6 Å². The van der Waals surface area contributed by atoms with Gasteiger partial charge in [0.25, 0.3) is 0 Å². The number of rotatable bonds is 3. The molecule has 1 fully saturated rings. The summed E-state index contributed by atoms with van der Waals surface area (Å²) in [5, 5.41) is 8.08. The summed E-state index contributed by atoms with van der Waals surface area (Å²) in [6.07, 6.45) is 2.90. The van der Waals surface area contributed by atoms with Gasteiger partial charge < -0.3 is 15.1 Å². The van der Waals surface area contributed by atoms with Crippen LogP contribution in [0.25, 0.3) is 0 Å². The first-order valence-corrected chi connectivity index (χ1v) is 5.50. The maximum atomic E-state index is 5.58. The van der Waals surface area contributed by atoms with Crippen LogP contribution in [0.3, 0.4) is 0 Å². The van der Waals surface area contributed by atoms with E-state index in [1.165, 1.54) is 0 Å². The van der Waals surface area contributed by atoms with Crippen molar-refractivity contribution < 1.29 is 4.42 Å². The molecule has 1 aromatic heterocycles. The Morgan fingerprint density at radius 2 is 2.13 bits per heavy atom. The average Bonchev–Trinajstić information content (AvgIpc) is 2.68. The second-order valence-electron chi connectivity index (χ2n) is 4.15. The van der Waals surface area contributed by atoms with Crippen molar-refractivity contribution in [2.45, 2.75) is 25.2 Å². The Balaban J connectivity index is 1.96. The number of nitrogens with zero attached hydrogens (tertiary/aromatic N) is 3. The number of piperidine rings is 1. The number of aromatic nitrogens is 2. The van der Waals surface area contributed by atoms with Crippen molar-refractivity contribution in [3.63, 3.8) is 0 Å². The summed E-state index contributed by atoms with van der Waals surface area (Å²) in [7, 11) is 2.14. The molecule has 2 rings (SSSR count). The molecule has 1 aliphatic heterocycles. The van der Waals surface area contributed by atoms with E-state index in [-0.39, 0.29) is 0 Å². The maximum absolute atomic E-state index is 5.58. The fraction of sp³-hybridized carbons (Fsp3) is 0.800. The zero-order chi connectivity index (χ0) is 10.7. The summed E-state index contributed by atoms with van der Waals surface area (Å²) in [6, 6.07) is 0. The molecule has 1 saturated heterocycles. The van der Waals surface area contributed by atoms with E-state index >= 15 is 0 Å². The standard InChI is InChI=1S/C10H18N4O/c1-14-6-3-8(4-7-14)10-13-12-9(15-10)2-5-11/h8H,2-7,11H2,1H3. The van der Waals surface area contributed by atoms with Gasteiger partial charge in [0, 0.05) is 18.9 Å². The fourth-order valence-electron chi connectivity index (χ4n) is 1.91. The van der Waals surface area contributed by atoms with Gasteiger partial charge >= 0.3 is 0 Å². The third-order valence-electron chi connectivity index (χ3n) is 2.91. The van der Waals surface area contributed by atoms with Crippen LogP contribution in [0.15, 0.2) is 4.42 Å². The number of likely N-dealkylation sites (tertiary alicyclic amines) is 1. The lowest BCUT2D eigenvalue weighted by atomic mass is 9.97. The predicted octanol–water partition coefficient (Wildman–Crippen LogP) is 0.380. The van der Waals surface area contributed by atoms with E-state index < -0.39 is 0 Å². The van der Waals surface area contributed by atoms with Crippen LogP contribution >= 0.6 is 0 Å². The minimum atomic E-state index is 0.445. The zero-order valence-electron chi connectivity index (χ0n) is 9.15. The molecule has 0 atom stereocenters. The molecule has 0 saturated carbocycles. The van der Waals surface area contributed by atoms with Gasteiger partial charge in [0.15, 0.2) is 0 Å². The highest BCUT2D eigenvalue weighted by molar-refractivity contribution is 4.94. The van der Waals surface area contributed by atoms with Crippen LogP contribution in [0.2, 0.25) is 0 Å². The van der Waals surface area contributed by atoms with Crippen molar-refractivity contribution in [3.8, 4) is 0 Å². The van der Waals surface area contributed by atoms with E-state index in [2.05, 4.69) is 22.1 Å². The van der Waals surface area contributed by atoms with Crippen LogP contribution in [0.1, 0.15) is 30.5 Å². The van der Waals surface area contributed by atoms with Crippen LogP contribution in [0, 0.1) is 0 Å². The Morgan fingerprint density at radius 3 is 2.80 bits per heavy atom. The van der Waals surface area contributed by atoms with Gasteiger partial charge in [0.1, 0.15) is 0 Å². The third kappa shape index (κ3) is 2.54. The van der Waals surface area contributed by atoms with Gasteiger partial charge in [0.05, 0.1) is 0 Å². The quantitative estimate of drug-likeness (QED) is 0.781. The molecular weight excluding hydrogens is 192 g/mol. The molecule has 15 heavy (non-hydrogen) atoms. The van der Waals surface area contributed by atoms with Crippen LogP contribution in [0.4, 0.5) is 0 Å². The van der Waals surface area contributed by atoms with E-state index in [1.54, 1.807) is 0 Å². The fourth-order valence-corrected chi connectivity index (χ4v) is 1.91. The van der Waals surface area contributed by atoms with Crippen LogP contribution in [-0.4, -0.2) is 41.8 Å². The lowest BCUT2D eigenvalue weighted by Crippen LogP contribution is -2.29. The van der Waals surface area contributed by atoms with E-state index in [0.717, 1.165) is 31.8 Å². The highest BCUT2D eigenvalue weighted by Gasteiger charge is 2.23. The largest absolute Gasteiger partial charge is 0.425 e. The van der Waals surface area contributed by atoms with E-state index in [0.29, 0.717) is 24.8 Å². The lowest BCUT2D eigenvalue weighted by Gasteiger charge is -2.26. The van der Waals surface area contributed by atoms with Gasteiger partial charge in [-0.2, -0.15) is 0 Å². The smallest absolute Gasteiger partial charge is 0.219 e. The minimum Gasteiger partial charge on any atom is -0.425 e. The Bertz CT molecular complexity index is 304. The molecule has 0 amide bonds. The maximum Gasteiger partial charge on any atom is 0.219 e. The summed E-state index contributed by atoms with van der Waals surface area (Å²) in [4.78, 5) is 2.33. The molecule has 0 bridgehead atoms. The van der Waals surface area contributed by atoms with Crippen molar-refractivity contribution in [2.75, 3.05) is 26.7 Å². The van der Waals surface area contributed by atoms with Crippen LogP contribution in [0.5, 0.6) is 0 Å². The minimum absolute atomic E-state index is 0.445. The average molecular weight is 210 g/mol. The van der Waals surface area contributed by atoms with Crippen molar-refractivity contribution in [1.82, 2.24) is 15.1 Å². The molecular formula is C10H18N4O. The van der Waals surface area contributed by atoms with Crippen molar-refractivity contribution in [1.29, 1.82) is 0 Å². The van der Waals surface area contributed by atoms with Gasteiger partial charge in [-0.05, 0) is 33.0 Å². The summed E-state index contributed by atoms with van der Waals surface area (Å²) in [5.74, 6) is 1.92. The van der Waals surface area contributed by atoms with E-state index in [1.807, 2.05) is 0 Å². The molecule has 2 N–H and O–H groups in total. The molecule has 5 heteroatoms. The highest BCUT2D eigenvalue weighted by atomic mass is 16.4. The molecule has 5 nitrogen and oxygen atoms in total. The summed E-state index contributed by atoms with van der Waals surface area (Å²) >= 11 is 0. The first kappa shape index (κ1) is 10.6. The Morgan fingerprint density at radius 1 is 1.40 bits per heavy atom. The van der Waals surface area contributed by atoms with Gasteiger partial charge in [-0.1, -0.05) is 0 Å². The summed E-state index contributed by atoms with van der Waals surface area (Å²) in [5.41, 5.74) is 5.43. The Kier molecular flexibility index (Phi) is 3.33. The van der Waals surface area contributed by atoms with Crippen LogP contribution in [-0.2, 0) is 6.42 Å². The number of nitrogens with two attached hydrogens (primary N) is 1. The highest BCUT2D eigenvalue weighted by Crippen LogP contribution is 2.26. The SMILES string of the molecule is CN1CCC(c2nnc(CCN)o2)CC1. The number of hydrogen-bond acceptors (Lipinski definition) is 5. The Hall–Kier alpha value is -0.940. The van der Waals surface area contributed by atoms with Gasteiger partial charge in [-0.25, -0.2) is 0 Å². The van der Waals surface area contributed by atoms with Crippen LogP contribution < -0.4 is 5.73 Å². The van der Waals surface area contributed by atoms with Crippen molar-refractivity contribution >= 4 is 0 Å². The topological polar surface area (TPSA) is 68.2 Å². The zero-order valence-corrected chi connectivity index (χ0v) is 9.15. The number of hydrogen-bond donors (Lipinski definition) is 1. The van der Waals surface area contributed by atoms with Crippen molar-refractivity contribution in [2.24, 2.45) is 5.73 Å². The van der Waals surface area contributed by atoms with E-state index in [9.17, 15) is 0 Å². The molecule has 1 aromatic rings. The van der Waals surface area contributed by atoms with Gasteiger partial charge in [-0.3, -0.25) is 0 Å². The summed E-state index contributed by atoms with van der Waals surface area (Å²) < 4.78 is 5.58. The molecule has 0 spiro atoms. The van der Waals surface area contributed by atoms with Gasteiger partial charge in [0.2, 0.25) is 11.8 Å². The molecule has 1 aliphatic rings. The monoisotopic (exact) mass is 210 g/mol. The molecule has 0 unspecified atom stereocenters. The molecule has 2 heterocycles. The molecule has 0 aliphatic carbocycles. The first-order chi connectivity index (χ1) is 7.29. The van der Waals surface area contributed by atoms with Gasteiger partial charge in [-0.15, -0.1) is 10.2 Å². The first-order valence-electron chi connectivity index (χ1n) is 5.50. The van der Waals surface area contributed by atoms with Crippen molar-refractivity contribution in [3.05, 3.63) is 11.8 Å². The summed E-state index contributed by atoms with van der Waals surface area (Å²) in [6.45, 7) is 2.79. The molecule has 84 valence electrons. The molecule has 0 radical (unpaired) electrons. The predicted molar refractivity (Wildman–Crippen MR) is 56.5 cm³/mol. The second kappa shape index (κ2) is 4.72. The van der Waals surface area contributed by atoms with E-state index in [4.69, 9.17) is 10.2 Å². The molecule has 0 aromatic carbocycles. The lowest BCUT2D eigenvalue weighted by molar-refractivity contribution is 0.235. The third-order valence-corrected chi connectivity index (χ3v) is 2.91.